The second kappa shape index (κ2) is 1.64. The third-order valence-electron chi connectivity index (χ3n) is 0.950. The number of allylic oxidation sites excluding steroid dienone is 1. The van der Waals surface area contributed by atoms with E-state index in [0.717, 1.165) is 18.4 Å². The largest absolute Gasteiger partial charge is 0.192 e. The summed E-state index contributed by atoms with van der Waals surface area (Å²) in [7, 11) is 0. The van der Waals surface area contributed by atoms with Gasteiger partial charge >= 0.3 is 0 Å². The second-order valence-corrected chi connectivity index (χ2v) is 1.48. The van der Waals surface area contributed by atoms with E-state index in [-0.39, 0.29) is 0 Å². The van der Waals surface area contributed by atoms with Gasteiger partial charge in [-0.25, -0.2) is 0 Å². The molecule has 0 saturated carbocycles. The van der Waals surface area contributed by atoms with E-state index in [1.54, 1.807) is 0 Å². The molecule has 0 radical (unpaired) electrons. The van der Waals surface area contributed by atoms with E-state index < -0.39 is 0 Å². The van der Waals surface area contributed by atoms with Crippen LogP contribution in [0, 0.1) is 11.3 Å². The van der Waals surface area contributed by atoms with Crippen LogP contribution in [-0.4, -0.2) is 0 Å². The van der Waals surface area contributed by atoms with Gasteiger partial charge in [-0.3, -0.25) is 0 Å². The molecular formula is C6H5N. The van der Waals surface area contributed by atoms with Gasteiger partial charge in [0.05, 0.1) is 5.57 Å². The van der Waals surface area contributed by atoms with Crippen molar-refractivity contribution in [3.05, 3.63) is 17.4 Å². The molecule has 7 heavy (non-hydrogen) atoms. The molecule has 1 heteroatoms. The van der Waals surface area contributed by atoms with E-state index in [1.165, 1.54) is 0 Å². The van der Waals surface area contributed by atoms with Gasteiger partial charge in [-0.2, -0.15) is 5.26 Å². The lowest BCUT2D eigenvalue weighted by atomic mass is 10.2. The highest BCUT2D eigenvalue weighted by Crippen LogP contribution is 2.07. The van der Waals surface area contributed by atoms with E-state index in [4.69, 9.17) is 5.26 Å². The Morgan fingerprint density at radius 1 is 1.86 bits per heavy atom. The van der Waals surface area contributed by atoms with Crippen molar-refractivity contribution in [2.24, 2.45) is 0 Å². The summed E-state index contributed by atoms with van der Waals surface area (Å²) in [5.74, 6) is 0. The van der Waals surface area contributed by atoms with Crippen LogP contribution in [0.25, 0.3) is 0 Å². The van der Waals surface area contributed by atoms with Crippen LogP contribution in [0.2, 0.25) is 0 Å². The van der Waals surface area contributed by atoms with Gasteiger partial charge in [-0.05, 0) is 18.9 Å². The van der Waals surface area contributed by atoms with Gasteiger partial charge in [0.15, 0.2) is 0 Å². The summed E-state index contributed by atoms with van der Waals surface area (Å²) in [4.78, 5) is 0. The second-order valence-electron chi connectivity index (χ2n) is 1.48. The van der Waals surface area contributed by atoms with Gasteiger partial charge in [0, 0.05) is 0 Å². The first kappa shape index (κ1) is 4.18. The minimum Gasteiger partial charge on any atom is -0.192 e. The third kappa shape index (κ3) is 0.707. The summed E-state index contributed by atoms with van der Waals surface area (Å²) < 4.78 is 0. The number of hydrogen-bond acceptors (Lipinski definition) is 1. The van der Waals surface area contributed by atoms with E-state index in [1.807, 2.05) is 12.1 Å². The Bertz CT molecular complexity index is 165. The summed E-state index contributed by atoms with van der Waals surface area (Å²) in [5.41, 5.74) is 3.63. The Kier molecular flexibility index (Phi) is 0.978. The van der Waals surface area contributed by atoms with Gasteiger partial charge in [0.1, 0.15) is 6.07 Å². The molecule has 0 aromatic heterocycles. The topological polar surface area (TPSA) is 23.8 Å². The molecule has 0 spiro atoms. The zero-order chi connectivity index (χ0) is 5.11. The van der Waals surface area contributed by atoms with Crippen molar-refractivity contribution < 1.29 is 0 Å². The molecule has 0 bridgehead atoms. The van der Waals surface area contributed by atoms with E-state index >= 15 is 0 Å². The van der Waals surface area contributed by atoms with E-state index in [9.17, 15) is 0 Å². The first-order valence-corrected chi connectivity index (χ1v) is 2.27. The monoisotopic (exact) mass is 91.0 g/mol. The standard InChI is InChI=1S/C6H5N/c7-5-6-3-1-2-4-6/h1H,2,4H2. The van der Waals surface area contributed by atoms with Crippen LogP contribution in [0.5, 0.6) is 0 Å². The lowest BCUT2D eigenvalue weighted by Gasteiger charge is -1.76. The Morgan fingerprint density at radius 3 is 3.00 bits per heavy atom. The Hall–Kier alpha value is -0.990. The Balaban J connectivity index is 2.78. The molecule has 0 saturated heterocycles. The maximum Gasteiger partial charge on any atom is 0.103 e. The number of nitriles is 1. The van der Waals surface area contributed by atoms with Gasteiger partial charge in [-0.15, -0.1) is 5.73 Å². The highest BCUT2D eigenvalue weighted by Gasteiger charge is 1.95. The van der Waals surface area contributed by atoms with E-state index in [2.05, 4.69) is 5.73 Å². The number of rotatable bonds is 0. The molecule has 0 amide bonds. The molecular weight excluding hydrogens is 86.1 g/mol. The fourth-order valence-electron chi connectivity index (χ4n) is 0.572. The smallest absolute Gasteiger partial charge is 0.103 e. The van der Waals surface area contributed by atoms with Crippen molar-refractivity contribution >= 4 is 0 Å². The number of hydrogen-bond donors (Lipinski definition) is 0. The third-order valence-corrected chi connectivity index (χ3v) is 0.950. The molecule has 0 fully saturated rings. The summed E-state index contributed by atoms with van der Waals surface area (Å²) in [6.45, 7) is 0. The lowest BCUT2D eigenvalue weighted by Crippen LogP contribution is -1.65. The predicted octanol–water partition coefficient (Wildman–Crippen LogP) is 1.39. The first-order chi connectivity index (χ1) is 3.43. The highest BCUT2D eigenvalue weighted by atomic mass is 14.2. The van der Waals surface area contributed by atoms with Crippen LogP contribution in [0.3, 0.4) is 0 Å². The van der Waals surface area contributed by atoms with Gasteiger partial charge in [-0.1, -0.05) is 0 Å². The Morgan fingerprint density at radius 2 is 2.71 bits per heavy atom. The molecule has 1 aliphatic rings. The average molecular weight is 91.1 g/mol. The highest BCUT2D eigenvalue weighted by molar-refractivity contribution is 5.23. The van der Waals surface area contributed by atoms with E-state index in [0.29, 0.717) is 0 Å². The quantitative estimate of drug-likeness (QED) is 0.413. The van der Waals surface area contributed by atoms with Crippen molar-refractivity contribution in [1.82, 2.24) is 0 Å². The molecule has 0 aliphatic heterocycles. The Labute approximate surface area is 42.6 Å². The van der Waals surface area contributed by atoms with Crippen LogP contribution in [0.1, 0.15) is 12.8 Å². The fourth-order valence-corrected chi connectivity index (χ4v) is 0.572. The molecule has 0 unspecified atom stereocenters. The molecule has 0 atom stereocenters. The maximum absolute atomic E-state index is 8.20. The molecule has 0 aromatic carbocycles. The van der Waals surface area contributed by atoms with Crippen LogP contribution < -0.4 is 0 Å². The minimum absolute atomic E-state index is 0.792. The van der Waals surface area contributed by atoms with Crippen LogP contribution >= 0.6 is 0 Å². The minimum atomic E-state index is 0.792. The SMILES string of the molecule is N#CC1=C=CCC1. The first-order valence-electron chi connectivity index (χ1n) is 2.27. The molecule has 1 aliphatic carbocycles. The van der Waals surface area contributed by atoms with Crippen molar-refractivity contribution in [3.63, 3.8) is 0 Å². The van der Waals surface area contributed by atoms with Gasteiger partial charge in [0.25, 0.3) is 0 Å². The zero-order valence-corrected chi connectivity index (χ0v) is 3.94. The van der Waals surface area contributed by atoms with Gasteiger partial charge in [0.2, 0.25) is 0 Å². The molecule has 0 aromatic rings. The normalized spacial score (nSPS) is 16.1. The molecule has 0 N–H and O–H groups in total. The van der Waals surface area contributed by atoms with Crippen molar-refractivity contribution in [1.29, 1.82) is 5.26 Å². The zero-order valence-electron chi connectivity index (χ0n) is 3.94. The van der Waals surface area contributed by atoms with Crippen molar-refractivity contribution in [2.75, 3.05) is 0 Å². The van der Waals surface area contributed by atoms with Crippen molar-refractivity contribution in [2.45, 2.75) is 12.8 Å². The van der Waals surface area contributed by atoms with Crippen molar-refractivity contribution in [3.8, 4) is 6.07 Å². The summed E-state index contributed by atoms with van der Waals surface area (Å²) in [6, 6.07) is 2.04. The van der Waals surface area contributed by atoms with Crippen LogP contribution in [-0.2, 0) is 0 Å². The predicted molar refractivity (Wildman–Crippen MR) is 26.4 cm³/mol. The molecule has 0 heterocycles. The fraction of sp³-hybridized carbons (Fsp3) is 0.333. The molecule has 1 nitrogen and oxygen atoms in total. The average Bonchev–Trinajstić information content (AvgIpc) is 2.14. The maximum atomic E-state index is 8.20. The lowest BCUT2D eigenvalue weighted by molar-refractivity contribution is 1.05. The summed E-state index contributed by atoms with van der Waals surface area (Å²) in [5, 5.41) is 8.20. The summed E-state index contributed by atoms with van der Waals surface area (Å²) >= 11 is 0. The summed E-state index contributed by atoms with van der Waals surface area (Å²) in [6.07, 6.45) is 3.80. The molecule has 1 rings (SSSR count). The van der Waals surface area contributed by atoms with Crippen LogP contribution in [0.15, 0.2) is 17.4 Å². The van der Waals surface area contributed by atoms with Gasteiger partial charge < -0.3 is 0 Å². The molecule has 34 valence electrons. The number of nitrogens with zero attached hydrogens (tertiary/aromatic N) is 1. The van der Waals surface area contributed by atoms with Crippen LogP contribution in [0.4, 0.5) is 0 Å².